The molecule has 3 rings (SSSR count). The number of hydrogen-bond acceptors (Lipinski definition) is 5. The van der Waals surface area contributed by atoms with Crippen LogP contribution >= 0.6 is 11.6 Å². The van der Waals surface area contributed by atoms with Gasteiger partial charge in [-0.2, -0.15) is 0 Å². The van der Waals surface area contributed by atoms with Crippen molar-refractivity contribution in [3.05, 3.63) is 53.1 Å². The second-order valence-electron chi connectivity index (χ2n) is 6.95. The normalized spacial score (nSPS) is 15.8. The van der Waals surface area contributed by atoms with Crippen molar-refractivity contribution < 1.29 is 23.9 Å². The van der Waals surface area contributed by atoms with Crippen LogP contribution < -0.4 is 15.0 Å². The van der Waals surface area contributed by atoms with Gasteiger partial charge in [0.05, 0.1) is 12.5 Å². The maximum absolute atomic E-state index is 12.3. The standard InChI is InChI=1S/C22H23ClN2O5/c1-3-29-18-8-6-17(7-9-18)25-12-15(10-21(25)27)22(28)30-13-20(26)24-16-5-4-14(2)19(23)11-16/h4-9,11,15H,3,10,12-13H2,1-2H3,(H,24,26)/t15-/m0/s1. The number of rotatable bonds is 7. The Morgan fingerprint density at radius 1 is 1.20 bits per heavy atom. The molecule has 158 valence electrons. The number of aryl methyl sites for hydroxylation is 1. The van der Waals surface area contributed by atoms with Crippen molar-refractivity contribution in [1.29, 1.82) is 0 Å². The van der Waals surface area contributed by atoms with Crippen molar-refractivity contribution in [3.63, 3.8) is 0 Å². The third-order valence-corrected chi connectivity index (χ3v) is 5.13. The van der Waals surface area contributed by atoms with E-state index in [1.165, 1.54) is 4.90 Å². The third-order valence-electron chi connectivity index (χ3n) is 4.72. The van der Waals surface area contributed by atoms with Crippen LogP contribution in [0.25, 0.3) is 0 Å². The summed E-state index contributed by atoms with van der Waals surface area (Å²) < 4.78 is 10.5. The number of anilines is 2. The molecule has 1 atom stereocenters. The van der Waals surface area contributed by atoms with Crippen molar-refractivity contribution in [2.24, 2.45) is 5.92 Å². The molecule has 0 spiro atoms. The second-order valence-corrected chi connectivity index (χ2v) is 7.36. The Kier molecular flexibility index (Phi) is 6.95. The molecule has 1 aliphatic heterocycles. The van der Waals surface area contributed by atoms with Crippen LogP contribution in [-0.4, -0.2) is 37.5 Å². The highest BCUT2D eigenvalue weighted by Gasteiger charge is 2.36. The molecule has 1 fully saturated rings. The molecule has 1 saturated heterocycles. The number of esters is 1. The quantitative estimate of drug-likeness (QED) is 0.678. The van der Waals surface area contributed by atoms with E-state index in [1.807, 2.05) is 13.8 Å². The minimum Gasteiger partial charge on any atom is -0.494 e. The van der Waals surface area contributed by atoms with E-state index in [-0.39, 0.29) is 18.9 Å². The predicted octanol–water partition coefficient (Wildman–Crippen LogP) is 3.58. The number of carbonyl (C=O) groups is 3. The van der Waals surface area contributed by atoms with E-state index in [1.54, 1.807) is 42.5 Å². The Labute approximate surface area is 179 Å². The van der Waals surface area contributed by atoms with Gasteiger partial charge in [0.1, 0.15) is 5.75 Å². The van der Waals surface area contributed by atoms with Crippen LogP contribution in [0.2, 0.25) is 5.02 Å². The fourth-order valence-corrected chi connectivity index (χ4v) is 3.31. The fourth-order valence-electron chi connectivity index (χ4n) is 3.13. The number of halogens is 1. The number of nitrogens with one attached hydrogen (secondary N) is 1. The van der Waals surface area contributed by atoms with Crippen molar-refractivity contribution in [2.75, 3.05) is 30.0 Å². The van der Waals surface area contributed by atoms with E-state index < -0.39 is 24.4 Å². The van der Waals surface area contributed by atoms with Gasteiger partial charge in [0.15, 0.2) is 6.61 Å². The molecule has 1 N–H and O–H groups in total. The van der Waals surface area contributed by atoms with Crippen LogP contribution in [0.3, 0.4) is 0 Å². The molecule has 0 unspecified atom stereocenters. The van der Waals surface area contributed by atoms with Gasteiger partial charge in [0.2, 0.25) is 5.91 Å². The van der Waals surface area contributed by atoms with Gasteiger partial charge >= 0.3 is 5.97 Å². The van der Waals surface area contributed by atoms with E-state index in [0.29, 0.717) is 28.8 Å². The van der Waals surface area contributed by atoms with Crippen LogP contribution in [-0.2, 0) is 19.1 Å². The highest BCUT2D eigenvalue weighted by molar-refractivity contribution is 6.31. The smallest absolute Gasteiger partial charge is 0.311 e. The summed E-state index contributed by atoms with van der Waals surface area (Å²) in [5, 5.41) is 3.16. The number of carbonyl (C=O) groups excluding carboxylic acids is 3. The van der Waals surface area contributed by atoms with Crippen LogP contribution in [0.5, 0.6) is 5.75 Å². The fraction of sp³-hybridized carbons (Fsp3) is 0.318. The van der Waals surface area contributed by atoms with Gasteiger partial charge in [-0.25, -0.2) is 0 Å². The summed E-state index contributed by atoms with van der Waals surface area (Å²) in [6.45, 7) is 4.08. The third kappa shape index (κ3) is 5.30. The van der Waals surface area contributed by atoms with E-state index in [4.69, 9.17) is 21.1 Å². The SMILES string of the molecule is CCOc1ccc(N2C[C@@H](C(=O)OCC(=O)Nc3ccc(C)c(Cl)c3)CC2=O)cc1. The van der Waals surface area contributed by atoms with E-state index in [0.717, 1.165) is 5.56 Å². The van der Waals surface area contributed by atoms with E-state index in [2.05, 4.69) is 5.32 Å². The molecule has 0 aliphatic carbocycles. The van der Waals surface area contributed by atoms with Crippen molar-refractivity contribution in [3.8, 4) is 5.75 Å². The maximum atomic E-state index is 12.3. The lowest BCUT2D eigenvalue weighted by atomic mass is 10.1. The number of ether oxygens (including phenoxy) is 2. The zero-order valence-corrected chi connectivity index (χ0v) is 17.6. The van der Waals surface area contributed by atoms with Gasteiger partial charge < -0.3 is 19.7 Å². The Bertz CT molecular complexity index is 945. The molecule has 0 radical (unpaired) electrons. The number of hydrogen-bond donors (Lipinski definition) is 1. The lowest BCUT2D eigenvalue weighted by Gasteiger charge is -2.17. The van der Waals surface area contributed by atoms with Gasteiger partial charge in [-0.15, -0.1) is 0 Å². The number of amides is 2. The molecule has 0 bridgehead atoms. The molecule has 1 heterocycles. The summed E-state index contributed by atoms with van der Waals surface area (Å²) in [6, 6.07) is 12.2. The Balaban J connectivity index is 1.51. The zero-order chi connectivity index (χ0) is 21.7. The first kappa shape index (κ1) is 21.6. The zero-order valence-electron chi connectivity index (χ0n) is 16.8. The van der Waals surface area contributed by atoms with E-state index >= 15 is 0 Å². The van der Waals surface area contributed by atoms with Gasteiger partial charge in [-0.3, -0.25) is 14.4 Å². The monoisotopic (exact) mass is 430 g/mol. The summed E-state index contributed by atoms with van der Waals surface area (Å²) in [5.41, 5.74) is 2.10. The molecule has 2 aromatic rings. The van der Waals surface area contributed by atoms with E-state index in [9.17, 15) is 14.4 Å². The summed E-state index contributed by atoms with van der Waals surface area (Å²) in [5.74, 6) is -1.12. The number of benzene rings is 2. The van der Waals surface area contributed by atoms with Gasteiger partial charge in [0, 0.05) is 29.4 Å². The minimum absolute atomic E-state index is 0.0429. The topological polar surface area (TPSA) is 84.9 Å². The first-order chi connectivity index (χ1) is 14.4. The predicted molar refractivity (Wildman–Crippen MR) is 114 cm³/mol. The molecule has 1 aliphatic rings. The van der Waals surface area contributed by atoms with Gasteiger partial charge in [-0.1, -0.05) is 17.7 Å². The van der Waals surface area contributed by atoms with Crippen LogP contribution in [0.4, 0.5) is 11.4 Å². The average Bonchev–Trinajstić information content (AvgIpc) is 3.11. The van der Waals surface area contributed by atoms with Crippen molar-refractivity contribution in [1.82, 2.24) is 0 Å². The maximum Gasteiger partial charge on any atom is 0.311 e. The van der Waals surface area contributed by atoms with Gasteiger partial charge in [0.25, 0.3) is 5.91 Å². The lowest BCUT2D eigenvalue weighted by Crippen LogP contribution is -2.28. The lowest BCUT2D eigenvalue weighted by molar-refractivity contribution is -0.151. The number of nitrogens with zero attached hydrogens (tertiary/aromatic N) is 1. The van der Waals surface area contributed by atoms with Gasteiger partial charge in [-0.05, 0) is 55.8 Å². The minimum atomic E-state index is -0.620. The molecule has 30 heavy (non-hydrogen) atoms. The van der Waals surface area contributed by atoms with Crippen LogP contribution in [0, 0.1) is 12.8 Å². The summed E-state index contributed by atoms with van der Waals surface area (Å²) in [6.07, 6.45) is 0.0429. The molecule has 0 saturated carbocycles. The Morgan fingerprint density at radius 2 is 1.93 bits per heavy atom. The molecular weight excluding hydrogens is 408 g/mol. The molecular formula is C22H23ClN2O5. The molecule has 0 aromatic heterocycles. The van der Waals surface area contributed by atoms with Crippen LogP contribution in [0.1, 0.15) is 18.9 Å². The van der Waals surface area contributed by atoms with Crippen molar-refractivity contribution in [2.45, 2.75) is 20.3 Å². The average molecular weight is 431 g/mol. The Hall–Kier alpha value is -3.06. The molecule has 8 heteroatoms. The Morgan fingerprint density at radius 3 is 2.60 bits per heavy atom. The molecule has 2 aromatic carbocycles. The summed E-state index contributed by atoms with van der Waals surface area (Å²) >= 11 is 6.03. The highest BCUT2D eigenvalue weighted by atomic mass is 35.5. The van der Waals surface area contributed by atoms with Crippen molar-refractivity contribution >= 4 is 40.8 Å². The summed E-state index contributed by atoms with van der Waals surface area (Å²) in [7, 11) is 0. The largest absolute Gasteiger partial charge is 0.494 e. The van der Waals surface area contributed by atoms with Crippen LogP contribution in [0.15, 0.2) is 42.5 Å². The highest BCUT2D eigenvalue weighted by Crippen LogP contribution is 2.27. The molecule has 7 nitrogen and oxygen atoms in total. The first-order valence-corrected chi connectivity index (χ1v) is 10.0. The first-order valence-electron chi connectivity index (χ1n) is 9.63. The molecule has 2 amide bonds. The summed E-state index contributed by atoms with van der Waals surface area (Å²) in [4.78, 5) is 38.3. The second kappa shape index (κ2) is 9.63.